The number of ether oxygens (including phenoxy) is 1. The average molecular weight is 296 g/mol. The predicted molar refractivity (Wildman–Crippen MR) is 73.9 cm³/mol. The van der Waals surface area contributed by atoms with E-state index < -0.39 is 18.0 Å². The second-order valence-corrected chi connectivity index (χ2v) is 5.64. The number of amides is 1. The highest BCUT2D eigenvalue weighted by Gasteiger charge is 2.16. The molecule has 7 heteroatoms. The second-order valence-electron chi connectivity index (χ2n) is 3.83. The summed E-state index contributed by atoms with van der Waals surface area (Å²) in [6.45, 7) is 1.44. The molecular weight excluding hydrogens is 284 g/mol. The summed E-state index contributed by atoms with van der Waals surface area (Å²) in [5.74, 6) is -1.17. The third kappa shape index (κ3) is 3.62. The van der Waals surface area contributed by atoms with Gasteiger partial charge in [-0.3, -0.25) is 9.59 Å². The van der Waals surface area contributed by atoms with Crippen molar-refractivity contribution in [1.29, 1.82) is 0 Å². The zero-order valence-corrected chi connectivity index (χ0v) is 11.8. The van der Waals surface area contributed by atoms with Crippen LogP contribution in [-0.2, 0) is 20.7 Å². The van der Waals surface area contributed by atoms with Crippen LogP contribution in [0.25, 0.3) is 9.88 Å². The molecule has 2 aromatic heterocycles. The summed E-state index contributed by atoms with van der Waals surface area (Å²) in [4.78, 5) is 27.8. The number of aromatic nitrogens is 1. The highest BCUT2D eigenvalue weighted by atomic mass is 32.1. The Labute approximate surface area is 118 Å². The minimum atomic E-state index is -0.914. The first-order chi connectivity index (χ1) is 9.06. The molecule has 5 nitrogen and oxygen atoms in total. The molecule has 0 saturated carbocycles. The molecule has 19 heavy (non-hydrogen) atoms. The van der Waals surface area contributed by atoms with Crippen LogP contribution in [0.2, 0.25) is 0 Å². The van der Waals surface area contributed by atoms with Crippen molar-refractivity contribution in [2.24, 2.45) is 5.73 Å². The van der Waals surface area contributed by atoms with E-state index in [1.54, 1.807) is 11.3 Å². The van der Waals surface area contributed by atoms with Gasteiger partial charge in [-0.1, -0.05) is 6.07 Å². The first-order valence-corrected chi connectivity index (χ1v) is 7.29. The van der Waals surface area contributed by atoms with Crippen molar-refractivity contribution in [1.82, 2.24) is 4.98 Å². The van der Waals surface area contributed by atoms with Gasteiger partial charge in [-0.25, -0.2) is 4.98 Å². The lowest BCUT2D eigenvalue weighted by molar-refractivity contribution is -0.153. The molecule has 2 aromatic rings. The van der Waals surface area contributed by atoms with Crippen LogP contribution in [0.4, 0.5) is 0 Å². The summed E-state index contributed by atoms with van der Waals surface area (Å²) in [5.41, 5.74) is 5.65. The topological polar surface area (TPSA) is 82.3 Å². The van der Waals surface area contributed by atoms with Gasteiger partial charge in [0.25, 0.3) is 5.91 Å². The van der Waals surface area contributed by atoms with Gasteiger partial charge in [-0.15, -0.1) is 22.7 Å². The van der Waals surface area contributed by atoms with Crippen molar-refractivity contribution in [3.05, 3.63) is 28.6 Å². The Morgan fingerprint density at radius 3 is 2.89 bits per heavy atom. The Bertz CT molecular complexity index is 578. The molecule has 1 atom stereocenters. The minimum absolute atomic E-state index is 0.0412. The van der Waals surface area contributed by atoms with E-state index >= 15 is 0 Å². The van der Waals surface area contributed by atoms with Gasteiger partial charge in [0.05, 0.1) is 17.0 Å². The molecule has 0 fully saturated rings. The van der Waals surface area contributed by atoms with E-state index in [1.807, 2.05) is 22.9 Å². The number of hydrogen-bond acceptors (Lipinski definition) is 6. The Hall–Kier alpha value is -1.73. The molecule has 1 amide bonds. The number of carbonyl (C=O) groups excluding carboxylic acids is 2. The smallest absolute Gasteiger partial charge is 0.312 e. The average Bonchev–Trinajstić information content (AvgIpc) is 2.97. The molecule has 1 unspecified atom stereocenters. The minimum Gasteiger partial charge on any atom is -0.452 e. The number of hydrogen-bond donors (Lipinski definition) is 1. The van der Waals surface area contributed by atoms with E-state index in [2.05, 4.69) is 4.98 Å². The number of primary amides is 1. The maximum absolute atomic E-state index is 11.6. The van der Waals surface area contributed by atoms with E-state index in [0.717, 1.165) is 9.88 Å². The number of esters is 1. The first kappa shape index (κ1) is 13.7. The van der Waals surface area contributed by atoms with E-state index in [1.165, 1.54) is 18.3 Å². The summed E-state index contributed by atoms with van der Waals surface area (Å²) in [6.07, 6.45) is -0.873. The highest BCUT2D eigenvalue weighted by molar-refractivity contribution is 7.20. The summed E-state index contributed by atoms with van der Waals surface area (Å²) in [5, 5.41) is 4.66. The summed E-state index contributed by atoms with van der Waals surface area (Å²) in [7, 11) is 0. The molecule has 2 N–H and O–H groups in total. The molecule has 0 spiro atoms. The molecular formula is C12H12N2O3S2. The molecule has 100 valence electrons. The van der Waals surface area contributed by atoms with Crippen molar-refractivity contribution in [3.63, 3.8) is 0 Å². The molecule has 0 bridgehead atoms. The van der Waals surface area contributed by atoms with Gasteiger partial charge in [0.2, 0.25) is 0 Å². The quantitative estimate of drug-likeness (QED) is 0.853. The van der Waals surface area contributed by atoms with Crippen molar-refractivity contribution in [2.45, 2.75) is 19.4 Å². The third-order valence-electron chi connectivity index (χ3n) is 2.32. The lowest BCUT2D eigenvalue weighted by atomic mass is 10.3. The van der Waals surface area contributed by atoms with Gasteiger partial charge in [-0.2, -0.15) is 0 Å². The highest BCUT2D eigenvalue weighted by Crippen LogP contribution is 2.27. The molecule has 0 aliphatic rings. The number of thiophene rings is 1. The van der Waals surface area contributed by atoms with Crippen molar-refractivity contribution in [3.8, 4) is 9.88 Å². The Morgan fingerprint density at radius 2 is 2.26 bits per heavy atom. The predicted octanol–water partition coefficient (Wildman–Crippen LogP) is 1.83. The fourth-order valence-corrected chi connectivity index (χ4v) is 2.98. The van der Waals surface area contributed by atoms with Crippen molar-refractivity contribution in [2.75, 3.05) is 0 Å². The molecule has 2 rings (SSSR count). The zero-order chi connectivity index (χ0) is 13.8. The summed E-state index contributed by atoms with van der Waals surface area (Å²) >= 11 is 3.07. The third-order valence-corrected chi connectivity index (χ3v) is 4.25. The molecule has 0 aliphatic carbocycles. The number of rotatable bonds is 5. The van der Waals surface area contributed by atoms with Crippen LogP contribution in [-0.4, -0.2) is 23.0 Å². The summed E-state index contributed by atoms with van der Waals surface area (Å²) in [6, 6.07) is 3.92. The number of carbonyl (C=O) groups is 2. The van der Waals surface area contributed by atoms with Gasteiger partial charge in [-0.05, 0) is 18.4 Å². The lowest BCUT2D eigenvalue weighted by Gasteiger charge is -2.08. The second kappa shape index (κ2) is 5.94. The fraction of sp³-hybridized carbons (Fsp3) is 0.250. The Balaban J connectivity index is 1.97. The molecule has 0 saturated heterocycles. The van der Waals surface area contributed by atoms with Crippen LogP contribution < -0.4 is 5.73 Å². The zero-order valence-electron chi connectivity index (χ0n) is 10.2. The van der Waals surface area contributed by atoms with Crippen LogP contribution in [0.5, 0.6) is 0 Å². The largest absolute Gasteiger partial charge is 0.452 e. The van der Waals surface area contributed by atoms with Crippen LogP contribution in [0.15, 0.2) is 22.9 Å². The van der Waals surface area contributed by atoms with Gasteiger partial charge in [0.15, 0.2) is 6.10 Å². The van der Waals surface area contributed by atoms with Gasteiger partial charge in [0.1, 0.15) is 5.01 Å². The monoisotopic (exact) mass is 296 g/mol. The molecule has 0 aromatic carbocycles. The van der Waals surface area contributed by atoms with Crippen LogP contribution >= 0.6 is 22.7 Å². The van der Waals surface area contributed by atoms with E-state index in [9.17, 15) is 9.59 Å². The lowest BCUT2D eigenvalue weighted by Crippen LogP contribution is -2.30. The van der Waals surface area contributed by atoms with Gasteiger partial charge < -0.3 is 10.5 Å². The van der Waals surface area contributed by atoms with E-state index in [0.29, 0.717) is 5.69 Å². The standard InChI is InChI=1S/C12H12N2O3S2/c1-7(11(13)16)17-10(15)5-8-6-19-12(14-8)9-3-2-4-18-9/h2-4,6-7H,5H2,1H3,(H2,13,16). The number of nitrogens with zero attached hydrogens (tertiary/aromatic N) is 1. The number of nitrogens with two attached hydrogens (primary N) is 1. The van der Waals surface area contributed by atoms with Crippen LogP contribution in [0, 0.1) is 0 Å². The first-order valence-electron chi connectivity index (χ1n) is 5.53. The summed E-state index contributed by atoms with van der Waals surface area (Å²) < 4.78 is 4.87. The van der Waals surface area contributed by atoms with Crippen LogP contribution in [0.3, 0.4) is 0 Å². The maximum Gasteiger partial charge on any atom is 0.312 e. The van der Waals surface area contributed by atoms with Crippen molar-refractivity contribution < 1.29 is 14.3 Å². The normalized spacial score (nSPS) is 12.1. The molecule has 0 aliphatic heterocycles. The number of thiazole rings is 1. The molecule has 0 radical (unpaired) electrons. The van der Waals surface area contributed by atoms with Gasteiger partial charge in [0, 0.05) is 5.38 Å². The van der Waals surface area contributed by atoms with Crippen molar-refractivity contribution >= 4 is 34.6 Å². The maximum atomic E-state index is 11.6. The Morgan fingerprint density at radius 1 is 1.47 bits per heavy atom. The van der Waals surface area contributed by atoms with E-state index in [-0.39, 0.29) is 6.42 Å². The van der Waals surface area contributed by atoms with Gasteiger partial charge >= 0.3 is 5.97 Å². The Kier molecular flexibility index (Phi) is 4.28. The molecule has 2 heterocycles. The van der Waals surface area contributed by atoms with Crippen LogP contribution in [0.1, 0.15) is 12.6 Å². The SMILES string of the molecule is CC(OC(=O)Cc1csc(-c2cccs2)n1)C(N)=O. The van der Waals surface area contributed by atoms with E-state index in [4.69, 9.17) is 10.5 Å². The fourth-order valence-electron chi connectivity index (χ4n) is 1.35.